The smallest absolute Gasteiger partial charge is 0.261 e. The van der Waals surface area contributed by atoms with Gasteiger partial charge in [0.1, 0.15) is 22.8 Å². The highest BCUT2D eigenvalue weighted by atomic mass is 32.1. The van der Waals surface area contributed by atoms with Gasteiger partial charge in [0.05, 0.1) is 19.8 Å². The maximum absolute atomic E-state index is 13.1. The first-order chi connectivity index (χ1) is 15.5. The van der Waals surface area contributed by atoms with Gasteiger partial charge in [-0.2, -0.15) is 0 Å². The van der Waals surface area contributed by atoms with Crippen LogP contribution in [0, 0.1) is 5.82 Å². The number of amides is 1. The van der Waals surface area contributed by atoms with Crippen LogP contribution in [0.4, 0.5) is 10.1 Å². The summed E-state index contributed by atoms with van der Waals surface area (Å²) in [5, 5.41) is 5.68. The predicted octanol–water partition coefficient (Wildman–Crippen LogP) is 4.78. The van der Waals surface area contributed by atoms with Crippen molar-refractivity contribution in [3.05, 3.63) is 72.0 Å². The van der Waals surface area contributed by atoms with Crippen molar-refractivity contribution in [1.29, 1.82) is 0 Å². The average Bonchev–Trinajstić information content (AvgIpc) is 3.22. The van der Waals surface area contributed by atoms with E-state index >= 15 is 0 Å². The number of anilines is 1. The Hall–Kier alpha value is -3.98. The first-order valence-corrected chi connectivity index (χ1v) is 9.88. The monoisotopic (exact) mass is 451 g/mol. The topological polar surface area (TPSA) is 85.6 Å². The number of thiocarbonyl (C=S) groups is 1. The third kappa shape index (κ3) is 4.52. The lowest BCUT2D eigenvalue weighted by Crippen LogP contribution is -2.34. The van der Waals surface area contributed by atoms with Crippen molar-refractivity contribution in [3.8, 4) is 23.0 Å². The summed E-state index contributed by atoms with van der Waals surface area (Å²) in [7, 11) is 3.00. The van der Waals surface area contributed by atoms with Crippen LogP contribution in [0.2, 0.25) is 0 Å². The van der Waals surface area contributed by atoms with Crippen molar-refractivity contribution in [1.82, 2.24) is 10.3 Å². The Bertz CT molecular complexity index is 1300. The molecule has 1 amide bonds. The second-order valence-electron chi connectivity index (χ2n) is 6.68. The van der Waals surface area contributed by atoms with E-state index in [1.165, 1.54) is 26.4 Å². The normalized spacial score (nSPS) is 10.6. The zero-order valence-electron chi connectivity index (χ0n) is 17.1. The molecule has 3 aromatic carbocycles. The van der Waals surface area contributed by atoms with E-state index in [4.69, 9.17) is 26.1 Å². The van der Waals surface area contributed by atoms with E-state index in [0.717, 1.165) is 0 Å². The number of rotatable bonds is 5. The lowest BCUT2D eigenvalue weighted by molar-refractivity contribution is 0.0974. The van der Waals surface area contributed by atoms with Gasteiger partial charge < -0.3 is 19.2 Å². The first kappa shape index (κ1) is 21.3. The van der Waals surface area contributed by atoms with Crippen molar-refractivity contribution in [2.75, 3.05) is 19.5 Å². The maximum Gasteiger partial charge on any atom is 0.261 e. The standard InChI is InChI=1S/C23H18FN3O4S/c1-29-16-8-9-17(20(12-16)30-2)21(28)27-23(32)25-15-7-10-19-18(11-15)26-22(31-19)13-3-5-14(24)6-4-13/h3-12H,1-2H3,(H2,25,27,28,32). The molecule has 0 unspecified atom stereocenters. The number of carbonyl (C=O) groups excluding carboxylic acids is 1. The third-order valence-corrected chi connectivity index (χ3v) is 4.82. The molecular formula is C23H18FN3O4S. The van der Waals surface area contributed by atoms with Crippen LogP contribution in [0.3, 0.4) is 0 Å². The molecule has 4 rings (SSSR count). The lowest BCUT2D eigenvalue weighted by Gasteiger charge is -2.12. The van der Waals surface area contributed by atoms with E-state index < -0.39 is 5.91 Å². The number of carbonyl (C=O) groups is 1. The Morgan fingerprint density at radius 1 is 1.03 bits per heavy atom. The van der Waals surface area contributed by atoms with Crippen molar-refractivity contribution in [2.45, 2.75) is 0 Å². The van der Waals surface area contributed by atoms with Crippen molar-refractivity contribution in [3.63, 3.8) is 0 Å². The highest BCUT2D eigenvalue weighted by Crippen LogP contribution is 2.27. The Kier molecular flexibility index (Phi) is 6.00. The summed E-state index contributed by atoms with van der Waals surface area (Å²) in [6, 6.07) is 15.9. The van der Waals surface area contributed by atoms with Crippen LogP contribution in [0.5, 0.6) is 11.5 Å². The second kappa shape index (κ2) is 9.03. The second-order valence-corrected chi connectivity index (χ2v) is 7.09. The summed E-state index contributed by atoms with van der Waals surface area (Å²) in [6.45, 7) is 0. The molecule has 0 aliphatic rings. The minimum Gasteiger partial charge on any atom is -0.497 e. The van der Waals surface area contributed by atoms with E-state index in [9.17, 15) is 9.18 Å². The van der Waals surface area contributed by atoms with Gasteiger partial charge in [0.25, 0.3) is 5.91 Å². The van der Waals surface area contributed by atoms with Crippen LogP contribution < -0.4 is 20.1 Å². The number of hydrogen-bond acceptors (Lipinski definition) is 6. The number of ether oxygens (including phenoxy) is 2. The van der Waals surface area contributed by atoms with E-state index in [-0.39, 0.29) is 10.9 Å². The number of aromatic nitrogens is 1. The summed E-state index contributed by atoms with van der Waals surface area (Å²) in [5.74, 6) is 0.545. The zero-order chi connectivity index (χ0) is 22.7. The molecule has 0 aliphatic carbocycles. The number of oxazole rings is 1. The molecule has 0 radical (unpaired) electrons. The number of benzene rings is 3. The fourth-order valence-corrected chi connectivity index (χ4v) is 3.25. The molecule has 9 heteroatoms. The van der Waals surface area contributed by atoms with Gasteiger partial charge in [-0.25, -0.2) is 9.37 Å². The Morgan fingerprint density at radius 2 is 1.81 bits per heavy atom. The van der Waals surface area contributed by atoms with Gasteiger partial charge in [-0.1, -0.05) is 0 Å². The molecule has 1 aromatic heterocycles. The molecule has 2 N–H and O–H groups in total. The predicted molar refractivity (Wildman–Crippen MR) is 123 cm³/mol. The number of nitrogens with one attached hydrogen (secondary N) is 2. The number of methoxy groups -OCH3 is 2. The van der Waals surface area contributed by atoms with Crippen LogP contribution in [0.25, 0.3) is 22.6 Å². The van der Waals surface area contributed by atoms with E-state index in [2.05, 4.69) is 15.6 Å². The van der Waals surface area contributed by atoms with Gasteiger partial charge in [-0.15, -0.1) is 0 Å². The fraction of sp³-hybridized carbons (Fsp3) is 0.0870. The number of halogens is 1. The molecule has 0 aliphatic heterocycles. The van der Waals surface area contributed by atoms with Crippen LogP contribution in [0.15, 0.2) is 65.1 Å². The van der Waals surface area contributed by atoms with Gasteiger partial charge in [0.2, 0.25) is 5.89 Å². The van der Waals surface area contributed by atoms with Crippen LogP contribution >= 0.6 is 12.2 Å². The molecular weight excluding hydrogens is 433 g/mol. The molecule has 162 valence electrons. The van der Waals surface area contributed by atoms with Crippen molar-refractivity contribution < 1.29 is 23.1 Å². The molecule has 0 saturated heterocycles. The Balaban J connectivity index is 1.47. The summed E-state index contributed by atoms with van der Waals surface area (Å²) < 4.78 is 29.3. The summed E-state index contributed by atoms with van der Waals surface area (Å²) in [6.07, 6.45) is 0. The van der Waals surface area contributed by atoms with Gasteiger partial charge >= 0.3 is 0 Å². The molecule has 4 aromatic rings. The van der Waals surface area contributed by atoms with Crippen LogP contribution in [-0.4, -0.2) is 30.2 Å². The average molecular weight is 451 g/mol. The summed E-state index contributed by atoms with van der Waals surface area (Å²) >= 11 is 5.27. The van der Waals surface area contributed by atoms with E-state index in [0.29, 0.717) is 45.3 Å². The number of hydrogen-bond donors (Lipinski definition) is 2. The fourth-order valence-electron chi connectivity index (χ4n) is 3.04. The molecule has 0 bridgehead atoms. The Labute approximate surface area is 188 Å². The molecule has 32 heavy (non-hydrogen) atoms. The quantitative estimate of drug-likeness (QED) is 0.423. The third-order valence-electron chi connectivity index (χ3n) is 4.62. The largest absolute Gasteiger partial charge is 0.497 e. The molecule has 0 atom stereocenters. The highest BCUT2D eigenvalue weighted by Gasteiger charge is 2.15. The van der Waals surface area contributed by atoms with Crippen molar-refractivity contribution in [2.24, 2.45) is 0 Å². The summed E-state index contributed by atoms with van der Waals surface area (Å²) in [4.78, 5) is 17.0. The number of nitrogens with zero attached hydrogens (tertiary/aromatic N) is 1. The van der Waals surface area contributed by atoms with Gasteiger partial charge in [0.15, 0.2) is 10.7 Å². The molecule has 1 heterocycles. The van der Waals surface area contributed by atoms with Gasteiger partial charge in [0, 0.05) is 17.3 Å². The zero-order valence-corrected chi connectivity index (χ0v) is 18.0. The highest BCUT2D eigenvalue weighted by molar-refractivity contribution is 7.80. The van der Waals surface area contributed by atoms with Gasteiger partial charge in [-0.3, -0.25) is 10.1 Å². The molecule has 0 fully saturated rings. The minimum absolute atomic E-state index is 0.106. The van der Waals surface area contributed by atoms with Crippen LogP contribution in [0.1, 0.15) is 10.4 Å². The Morgan fingerprint density at radius 3 is 2.53 bits per heavy atom. The molecule has 0 spiro atoms. The minimum atomic E-state index is -0.428. The summed E-state index contributed by atoms with van der Waals surface area (Å²) in [5.41, 5.74) is 2.73. The lowest BCUT2D eigenvalue weighted by atomic mass is 10.2. The van der Waals surface area contributed by atoms with Crippen LogP contribution in [-0.2, 0) is 0 Å². The SMILES string of the molecule is COc1ccc(C(=O)NC(=S)Nc2ccc3oc(-c4ccc(F)cc4)nc3c2)c(OC)c1. The van der Waals surface area contributed by atoms with Gasteiger partial charge in [-0.05, 0) is 66.8 Å². The molecule has 7 nitrogen and oxygen atoms in total. The van der Waals surface area contributed by atoms with E-state index in [1.54, 1.807) is 48.5 Å². The molecule has 0 saturated carbocycles. The van der Waals surface area contributed by atoms with Crippen molar-refractivity contribution >= 4 is 40.0 Å². The first-order valence-electron chi connectivity index (χ1n) is 9.47. The maximum atomic E-state index is 13.1. The number of fused-ring (bicyclic) bond motifs is 1. The van der Waals surface area contributed by atoms with E-state index in [1.807, 2.05) is 0 Å².